The van der Waals surface area contributed by atoms with Crippen molar-refractivity contribution < 1.29 is 4.79 Å². The molecule has 1 rings (SSSR count). The minimum absolute atomic E-state index is 0.0159. The Morgan fingerprint density at radius 3 is 2.40 bits per heavy atom. The third kappa shape index (κ3) is 5.60. The van der Waals surface area contributed by atoms with Gasteiger partial charge in [0.25, 0.3) is 0 Å². The van der Waals surface area contributed by atoms with E-state index in [0.29, 0.717) is 17.8 Å². The van der Waals surface area contributed by atoms with Crippen molar-refractivity contribution in [2.75, 3.05) is 6.54 Å². The maximum absolute atomic E-state index is 11.9. The van der Waals surface area contributed by atoms with Crippen molar-refractivity contribution in [2.45, 2.75) is 34.6 Å². The van der Waals surface area contributed by atoms with Crippen LogP contribution in [0.1, 0.15) is 38.8 Å². The van der Waals surface area contributed by atoms with Crippen molar-refractivity contribution in [1.29, 1.82) is 0 Å². The Morgan fingerprint density at radius 2 is 1.85 bits per heavy atom. The van der Waals surface area contributed by atoms with Crippen molar-refractivity contribution in [3.05, 3.63) is 41.5 Å². The van der Waals surface area contributed by atoms with E-state index in [-0.39, 0.29) is 5.91 Å². The van der Waals surface area contributed by atoms with Gasteiger partial charge in [0.1, 0.15) is 0 Å². The molecule has 1 aromatic rings. The van der Waals surface area contributed by atoms with Crippen LogP contribution in [-0.4, -0.2) is 12.5 Å². The lowest BCUT2D eigenvalue weighted by Crippen LogP contribution is -2.32. The average molecular weight is 273 g/mol. The molecular formula is C18H27NO. The number of hydrogen-bond acceptors (Lipinski definition) is 1. The summed E-state index contributed by atoms with van der Waals surface area (Å²) in [6, 6.07) is 8.12. The molecule has 1 N–H and O–H groups in total. The molecule has 2 nitrogen and oxygen atoms in total. The first-order chi connectivity index (χ1) is 9.40. The summed E-state index contributed by atoms with van der Waals surface area (Å²) in [6.07, 6.45) is 3.48. The van der Waals surface area contributed by atoms with Crippen molar-refractivity contribution in [3.8, 4) is 0 Å². The lowest BCUT2D eigenvalue weighted by atomic mass is 9.85. The molecule has 0 aliphatic rings. The van der Waals surface area contributed by atoms with Gasteiger partial charge in [0.05, 0.1) is 0 Å². The molecule has 0 aliphatic heterocycles. The molecule has 20 heavy (non-hydrogen) atoms. The molecule has 2 heteroatoms. The Kier molecular flexibility index (Phi) is 6.50. The largest absolute Gasteiger partial charge is 0.352 e. The van der Waals surface area contributed by atoms with Gasteiger partial charge >= 0.3 is 0 Å². The second-order valence-corrected chi connectivity index (χ2v) is 6.14. The number of benzene rings is 1. The van der Waals surface area contributed by atoms with E-state index in [0.717, 1.165) is 12.1 Å². The summed E-state index contributed by atoms with van der Waals surface area (Å²) in [7, 11) is 0. The van der Waals surface area contributed by atoms with E-state index in [1.54, 1.807) is 6.08 Å². The number of hydrogen-bond donors (Lipinski definition) is 1. The molecule has 0 aromatic heterocycles. The molecule has 1 aromatic carbocycles. The number of nitrogens with one attached hydrogen (secondary N) is 1. The Balaban J connectivity index is 2.51. The van der Waals surface area contributed by atoms with Crippen LogP contribution < -0.4 is 5.32 Å². The summed E-state index contributed by atoms with van der Waals surface area (Å²) in [5.74, 6) is 1.66. The number of aryl methyl sites for hydroxylation is 1. The van der Waals surface area contributed by atoms with Gasteiger partial charge in [0, 0.05) is 12.6 Å². The molecule has 110 valence electrons. The first-order valence-corrected chi connectivity index (χ1v) is 7.42. The topological polar surface area (TPSA) is 29.1 Å². The predicted octanol–water partition coefficient (Wildman–Crippen LogP) is 4.05. The highest BCUT2D eigenvalue weighted by atomic mass is 16.1. The normalized spacial score (nSPS) is 11.8. The molecule has 0 bridgehead atoms. The Bertz CT molecular complexity index is 452. The molecule has 0 saturated heterocycles. The second-order valence-electron chi connectivity index (χ2n) is 6.14. The van der Waals surface area contributed by atoms with E-state index in [1.807, 2.05) is 31.2 Å². The quantitative estimate of drug-likeness (QED) is 0.778. The summed E-state index contributed by atoms with van der Waals surface area (Å²) in [4.78, 5) is 11.9. The van der Waals surface area contributed by atoms with Crippen LogP contribution in [0, 0.1) is 24.7 Å². The summed E-state index contributed by atoms with van der Waals surface area (Å²) in [5.41, 5.74) is 2.26. The average Bonchev–Trinajstić information content (AvgIpc) is 2.35. The van der Waals surface area contributed by atoms with E-state index in [9.17, 15) is 4.79 Å². The molecule has 0 spiro atoms. The summed E-state index contributed by atoms with van der Waals surface area (Å²) in [6.45, 7) is 11.6. The molecule has 0 heterocycles. The molecule has 0 aliphatic carbocycles. The van der Waals surface area contributed by atoms with Crippen LogP contribution in [0.2, 0.25) is 0 Å². The van der Waals surface area contributed by atoms with Gasteiger partial charge in [-0.1, -0.05) is 57.5 Å². The lowest BCUT2D eigenvalue weighted by Gasteiger charge is -2.24. The third-order valence-corrected chi connectivity index (χ3v) is 3.69. The highest BCUT2D eigenvalue weighted by Crippen LogP contribution is 2.19. The highest BCUT2D eigenvalue weighted by Gasteiger charge is 2.17. The van der Waals surface area contributed by atoms with E-state index in [1.165, 1.54) is 5.56 Å². The fraction of sp³-hybridized carbons (Fsp3) is 0.500. The first kappa shape index (κ1) is 16.5. The lowest BCUT2D eigenvalue weighted by molar-refractivity contribution is -0.116. The Labute approximate surface area is 123 Å². The predicted molar refractivity (Wildman–Crippen MR) is 86.4 cm³/mol. The minimum atomic E-state index is -0.0159. The molecule has 0 radical (unpaired) electrons. The van der Waals surface area contributed by atoms with Gasteiger partial charge in [0.2, 0.25) is 5.91 Å². The zero-order chi connectivity index (χ0) is 15.1. The first-order valence-electron chi connectivity index (χ1n) is 7.42. The maximum Gasteiger partial charge on any atom is 0.244 e. The standard InChI is InChI=1S/C18H27NO/c1-13(2)17(14(3)4)12-19-18(20)10-9-16-8-6-7-15(5)11-16/h6-11,13-14,17H,12H2,1-5H3,(H,19,20)/b10-9+. The zero-order valence-electron chi connectivity index (χ0n) is 13.3. The monoisotopic (exact) mass is 273 g/mol. The second kappa shape index (κ2) is 7.88. The van der Waals surface area contributed by atoms with Crippen LogP contribution in [0.4, 0.5) is 0 Å². The molecule has 0 atom stereocenters. The molecule has 0 unspecified atom stereocenters. The van der Waals surface area contributed by atoms with Crippen LogP contribution in [0.25, 0.3) is 6.08 Å². The van der Waals surface area contributed by atoms with Gasteiger partial charge in [-0.3, -0.25) is 4.79 Å². The number of rotatable bonds is 6. The van der Waals surface area contributed by atoms with E-state index < -0.39 is 0 Å². The van der Waals surface area contributed by atoms with Gasteiger partial charge < -0.3 is 5.32 Å². The minimum Gasteiger partial charge on any atom is -0.352 e. The van der Waals surface area contributed by atoms with Crippen molar-refractivity contribution in [1.82, 2.24) is 5.32 Å². The number of carbonyl (C=O) groups is 1. The van der Waals surface area contributed by atoms with Crippen LogP contribution >= 0.6 is 0 Å². The van der Waals surface area contributed by atoms with Crippen molar-refractivity contribution in [3.63, 3.8) is 0 Å². The van der Waals surface area contributed by atoms with Gasteiger partial charge in [-0.05, 0) is 36.3 Å². The molecule has 0 saturated carbocycles. The zero-order valence-corrected chi connectivity index (χ0v) is 13.3. The third-order valence-electron chi connectivity index (χ3n) is 3.69. The van der Waals surface area contributed by atoms with E-state index >= 15 is 0 Å². The summed E-state index contributed by atoms with van der Waals surface area (Å²) >= 11 is 0. The smallest absolute Gasteiger partial charge is 0.244 e. The van der Waals surface area contributed by atoms with Crippen molar-refractivity contribution >= 4 is 12.0 Å². The Hall–Kier alpha value is -1.57. The van der Waals surface area contributed by atoms with Gasteiger partial charge in [-0.25, -0.2) is 0 Å². The molecular weight excluding hydrogens is 246 g/mol. The van der Waals surface area contributed by atoms with Gasteiger partial charge in [-0.15, -0.1) is 0 Å². The maximum atomic E-state index is 11.9. The molecule has 0 fully saturated rings. The van der Waals surface area contributed by atoms with Crippen LogP contribution in [0.5, 0.6) is 0 Å². The number of amides is 1. The van der Waals surface area contributed by atoms with Crippen LogP contribution in [-0.2, 0) is 4.79 Å². The highest BCUT2D eigenvalue weighted by molar-refractivity contribution is 5.91. The van der Waals surface area contributed by atoms with Crippen molar-refractivity contribution in [2.24, 2.45) is 17.8 Å². The van der Waals surface area contributed by atoms with Crippen LogP contribution in [0.3, 0.4) is 0 Å². The fourth-order valence-electron chi connectivity index (χ4n) is 2.46. The number of carbonyl (C=O) groups excluding carboxylic acids is 1. The Morgan fingerprint density at radius 1 is 1.20 bits per heavy atom. The van der Waals surface area contributed by atoms with E-state index in [2.05, 4.69) is 39.1 Å². The molecule has 1 amide bonds. The summed E-state index contributed by atoms with van der Waals surface area (Å²) in [5, 5.41) is 3.00. The van der Waals surface area contributed by atoms with Crippen LogP contribution in [0.15, 0.2) is 30.3 Å². The van der Waals surface area contributed by atoms with E-state index in [4.69, 9.17) is 0 Å². The fourth-order valence-corrected chi connectivity index (χ4v) is 2.46. The van der Waals surface area contributed by atoms with Gasteiger partial charge in [-0.2, -0.15) is 0 Å². The SMILES string of the molecule is Cc1cccc(/C=C/C(=O)NCC(C(C)C)C(C)C)c1. The van der Waals surface area contributed by atoms with Gasteiger partial charge in [0.15, 0.2) is 0 Å². The summed E-state index contributed by atoms with van der Waals surface area (Å²) < 4.78 is 0.